The predicted octanol–water partition coefficient (Wildman–Crippen LogP) is 5.09. The zero-order valence-corrected chi connectivity index (χ0v) is 18.9. The van der Waals surface area contributed by atoms with Gasteiger partial charge in [-0.2, -0.15) is 13.2 Å². The number of halogens is 4. The Balaban J connectivity index is 1.17. The molecule has 1 saturated carbocycles. The molecule has 1 unspecified atom stereocenters. The molecule has 5 rings (SSSR count). The molecule has 3 heterocycles. The fourth-order valence-electron chi connectivity index (χ4n) is 4.90. The number of hydrogen-bond acceptors (Lipinski definition) is 6. The molecule has 0 bridgehead atoms. The number of aryl methyl sites for hydroxylation is 1. The average molecular weight is 482 g/mol. The Bertz CT molecular complexity index is 1180. The van der Waals surface area contributed by atoms with E-state index in [4.69, 9.17) is 4.42 Å². The monoisotopic (exact) mass is 481 g/mol. The van der Waals surface area contributed by atoms with Gasteiger partial charge in [0.05, 0.1) is 11.3 Å². The van der Waals surface area contributed by atoms with E-state index in [2.05, 4.69) is 20.5 Å². The standard InChI is InChI=1S/C22H23F4N5OS/c1-12-18(32-11-27-12)19-29-30-20(31(19)2)33-8-4-5-14-9-13-10-21(13,28-14)15-6-3-7-16(17(15)23)22(24,25)26/h3,6-7,11,13-14,28H,4-5,8-10H2,1-2H3/t13-,14?,21+/m1/s1. The molecule has 6 nitrogen and oxygen atoms in total. The second kappa shape index (κ2) is 8.12. The lowest BCUT2D eigenvalue weighted by Gasteiger charge is -2.21. The summed E-state index contributed by atoms with van der Waals surface area (Å²) in [4.78, 5) is 4.08. The summed E-state index contributed by atoms with van der Waals surface area (Å²) in [5.41, 5.74) is -0.950. The zero-order valence-electron chi connectivity index (χ0n) is 18.1. The first-order valence-electron chi connectivity index (χ1n) is 10.8. The van der Waals surface area contributed by atoms with E-state index in [1.807, 2.05) is 18.5 Å². The van der Waals surface area contributed by atoms with Crippen LogP contribution in [-0.2, 0) is 18.8 Å². The Labute approximate surface area is 192 Å². The third-order valence-corrected chi connectivity index (χ3v) is 7.74. The summed E-state index contributed by atoms with van der Waals surface area (Å²) < 4.78 is 61.3. The van der Waals surface area contributed by atoms with Gasteiger partial charge in [0, 0.05) is 29.9 Å². The van der Waals surface area contributed by atoms with Gasteiger partial charge in [0.25, 0.3) is 0 Å². The number of piperidine rings is 1. The molecule has 11 heteroatoms. The second-order valence-electron chi connectivity index (χ2n) is 8.74. The Morgan fingerprint density at radius 2 is 2.12 bits per heavy atom. The van der Waals surface area contributed by atoms with Crippen LogP contribution in [0.2, 0.25) is 0 Å². The number of oxazole rings is 1. The van der Waals surface area contributed by atoms with Crippen molar-refractivity contribution in [3.63, 3.8) is 0 Å². The smallest absolute Gasteiger partial charge is 0.419 e. The maximum absolute atomic E-state index is 14.7. The minimum atomic E-state index is -4.69. The third-order valence-electron chi connectivity index (χ3n) is 6.63. The molecule has 0 spiro atoms. The highest BCUT2D eigenvalue weighted by Crippen LogP contribution is 2.60. The van der Waals surface area contributed by atoms with E-state index >= 15 is 0 Å². The van der Waals surface area contributed by atoms with Crippen molar-refractivity contribution in [1.82, 2.24) is 25.1 Å². The number of benzene rings is 1. The summed E-state index contributed by atoms with van der Waals surface area (Å²) in [5, 5.41) is 12.6. The second-order valence-corrected chi connectivity index (χ2v) is 9.80. The van der Waals surface area contributed by atoms with Crippen LogP contribution in [0.5, 0.6) is 0 Å². The first-order valence-corrected chi connectivity index (χ1v) is 11.8. The summed E-state index contributed by atoms with van der Waals surface area (Å²) in [6.45, 7) is 1.84. The number of thioether (sulfide) groups is 1. The quantitative estimate of drug-likeness (QED) is 0.288. The number of aromatic nitrogens is 4. The molecule has 0 amide bonds. The van der Waals surface area contributed by atoms with Crippen molar-refractivity contribution in [3.05, 3.63) is 47.2 Å². The van der Waals surface area contributed by atoms with Crippen LogP contribution in [0.1, 0.15) is 42.5 Å². The average Bonchev–Trinajstić information content (AvgIpc) is 3.06. The van der Waals surface area contributed by atoms with Gasteiger partial charge in [-0.3, -0.25) is 0 Å². The van der Waals surface area contributed by atoms with E-state index < -0.39 is 23.1 Å². The minimum absolute atomic E-state index is 0.147. The lowest BCUT2D eigenvalue weighted by molar-refractivity contribution is -0.140. The number of fused-ring (bicyclic) bond motifs is 1. The Morgan fingerprint density at radius 3 is 2.85 bits per heavy atom. The highest BCUT2D eigenvalue weighted by molar-refractivity contribution is 7.99. The van der Waals surface area contributed by atoms with Crippen molar-refractivity contribution < 1.29 is 22.0 Å². The number of nitrogens with zero attached hydrogens (tertiary/aromatic N) is 4. The summed E-state index contributed by atoms with van der Waals surface area (Å²) >= 11 is 1.58. The molecule has 1 saturated heterocycles. The molecular formula is C22H23F4N5OS. The summed E-state index contributed by atoms with van der Waals surface area (Å²) in [5.74, 6) is 1.07. The van der Waals surface area contributed by atoms with Gasteiger partial charge in [-0.05, 0) is 44.6 Å². The fourth-order valence-corrected chi connectivity index (χ4v) is 5.77. The first-order chi connectivity index (χ1) is 15.7. The van der Waals surface area contributed by atoms with Crippen molar-refractivity contribution in [3.8, 4) is 11.6 Å². The van der Waals surface area contributed by atoms with Crippen LogP contribution in [0.3, 0.4) is 0 Å². The Hall–Kier alpha value is -2.40. The predicted molar refractivity (Wildman–Crippen MR) is 114 cm³/mol. The molecule has 3 aromatic rings. The van der Waals surface area contributed by atoms with Gasteiger partial charge in [0.15, 0.2) is 17.3 Å². The van der Waals surface area contributed by atoms with Crippen LogP contribution in [0.25, 0.3) is 11.6 Å². The fraction of sp³-hybridized carbons (Fsp3) is 0.500. The van der Waals surface area contributed by atoms with Gasteiger partial charge in [-0.25, -0.2) is 9.37 Å². The van der Waals surface area contributed by atoms with E-state index in [0.717, 1.165) is 41.9 Å². The maximum atomic E-state index is 14.7. The van der Waals surface area contributed by atoms with Crippen molar-refractivity contribution in [1.29, 1.82) is 0 Å². The van der Waals surface area contributed by atoms with E-state index in [0.29, 0.717) is 18.0 Å². The van der Waals surface area contributed by atoms with E-state index in [1.54, 1.807) is 11.8 Å². The van der Waals surface area contributed by atoms with Gasteiger partial charge in [0.1, 0.15) is 5.82 Å². The lowest BCUT2D eigenvalue weighted by atomic mass is 10.00. The van der Waals surface area contributed by atoms with Crippen LogP contribution < -0.4 is 5.32 Å². The van der Waals surface area contributed by atoms with Crippen LogP contribution >= 0.6 is 11.8 Å². The Morgan fingerprint density at radius 1 is 1.30 bits per heavy atom. The number of nitrogens with one attached hydrogen (secondary N) is 1. The molecule has 1 aliphatic heterocycles. The van der Waals surface area contributed by atoms with Crippen molar-refractivity contribution in [2.24, 2.45) is 13.0 Å². The van der Waals surface area contributed by atoms with Crippen LogP contribution in [-0.4, -0.2) is 31.5 Å². The first kappa shape index (κ1) is 22.4. The molecule has 2 aromatic heterocycles. The molecule has 1 aromatic carbocycles. The summed E-state index contributed by atoms with van der Waals surface area (Å²) in [7, 11) is 1.87. The highest BCUT2D eigenvalue weighted by atomic mass is 32.2. The van der Waals surface area contributed by atoms with Crippen molar-refractivity contribution in [2.75, 3.05) is 5.75 Å². The zero-order chi connectivity index (χ0) is 23.4. The molecule has 1 aliphatic carbocycles. The SMILES string of the molecule is Cc1ncoc1-c1nnc(SCCCC2C[C@@H]3C[C@]3(c3cccc(C(F)(F)F)c3F)N2)n1C. The molecule has 33 heavy (non-hydrogen) atoms. The van der Waals surface area contributed by atoms with Gasteiger partial charge < -0.3 is 14.3 Å². The van der Waals surface area contributed by atoms with E-state index in [9.17, 15) is 17.6 Å². The van der Waals surface area contributed by atoms with Crippen LogP contribution in [0, 0.1) is 18.7 Å². The van der Waals surface area contributed by atoms with Crippen LogP contribution in [0.15, 0.2) is 34.2 Å². The molecule has 2 fully saturated rings. The van der Waals surface area contributed by atoms with Gasteiger partial charge in [-0.15, -0.1) is 10.2 Å². The summed E-state index contributed by atoms with van der Waals surface area (Å²) in [6, 6.07) is 3.74. The van der Waals surface area contributed by atoms with E-state index in [-0.39, 0.29) is 17.5 Å². The number of rotatable bonds is 7. The lowest BCUT2D eigenvalue weighted by Crippen LogP contribution is -2.34. The summed E-state index contributed by atoms with van der Waals surface area (Å²) in [6.07, 6.45) is -0.0402. The molecule has 3 atom stereocenters. The minimum Gasteiger partial charge on any atom is -0.440 e. The maximum Gasteiger partial charge on any atom is 0.419 e. The highest BCUT2D eigenvalue weighted by Gasteiger charge is 2.62. The third kappa shape index (κ3) is 3.95. The number of alkyl halides is 3. The van der Waals surface area contributed by atoms with Crippen molar-refractivity contribution >= 4 is 11.8 Å². The molecule has 2 aliphatic rings. The van der Waals surface area contributed by atoms with Crippen molar-refractivity contribution in [2.45, 2.75) is 55.5 Å². The Kier molecular flexibility index (Phi) is 5.51. The molecular weight excluding hydrogens is 458 g/mol. The van der Waals surface area contributed by atoms with Crippen LogP contribution in [0.4, 0.5) is 17.6 Å². The normalized spacial score (nSPS) is 24.3. The number of hydrogen-bond donors (Lipinski definition) is 1. The molecule has 176 valence electrons. The van der Waals surface area contributed by atoms with Gasteiger partial charge >= 0.3 is 6.18 Å². The van der Waals surface area contributed by atoms with Gasteiger partial charge in [0.2, 0.25) is 5.82 Å². The molecule has 0 radical (unpaired) electrons. The largest absolute Gasteiger partial charge is 0.440 e. The van der Waals surface area contributed by atoms with Gasteiger partial charge in [-0.1, -0.05) is 23.9 Å². The molecule has 1 N–H and O–H groups in total. The van der Waals surface area contributed by atoms with E-state index in [1.165, 1.54) is 18.5 Å². The topological polar surface area (TPSA) is 68.8 Å².